The van der Waals surface area contributed by atoms with Crippen LogP contribution in [0.1, 0.15) is 31.6 Å². The SMILES string of the molecule is CC(NC1CCN(CC(F)(F)F)CC1)c1ncn[nH]1. The van der Waals surface area contributed by atoms with Crippen molar-refractivity contribution < 1.29 is 13.2 Å². The molecule has 1 aliphatic rings. The van der Waals surface area contributed by atoms with Gasteiger partial charge in [0.1, 0.15) is 12.2 Å². The minimum atomic E-state index is -4.10. The lowest BCUT2D eigenvalue weighted by Gasteiger charge is -2.33. The Morgan fingerprint density at radius 2 is 2.16 bits per heavy atom. The average molecular weight is 277 g/mol. The second kappa shape index (κ2) is 5.87. The number of likely N-dealkylation sites (tertiary alicyclic amines) is 1. The summed E-state index contributed by atoms with van der Waals surface area (Å²) in [5, 5.41) is 9.93. The van der Waals surface area contributed by atoms with Gasteiger partial charge in [-0.3, -0.25) is 10.00 Å². The number of nitrogens with zero attached hydrogens (tertiary/aromatic N) is 3. The highest BCUT2D eigenvalue weighted by molar-refractivity contribution is 4.91. The molecule has 19 heavy (non-hydrogen) atoms. The molecule has 0 spiro atoms. The normalized spacial score (nSPS) is 20.6. The van der Waals surface area contributed by atoms with Crippen molar-refractivity contribution in [3.05, 3.63) is 12.2 Å². The maximum absolute atomic E-state index is 12.3. The van der Waals surface area contributed by atoms with Gasteiger partial charge < -0.3 is 5.32 Å². The molecule has 0 saturated carbocycles. The summed E-state index contributed by atoms with van der Waals surface area (Å²) in [5.41, 5.74) is 0. The Bertz CT molecular complexity index is 370. The van der Waals surface area contributed by atoms with E-state index in [0.717, 1.165) is 5.82 Å². The molecular weight excluding hydrogens is 259 g/mol. The van der Waals surface area contributed by atoms with Gasteiger partial charge in [-0.2, -0.15) is 18.3 Å². The topological polar surface area (TPSA) is 56.8 Å². The van der Waals surface area contributed by atoms with Gasteiger partial charge in [0.05, 0.1) is 12.6 Å². The monoisotopic (exact) mass is 277 g/mol. The van der Waals surface area contributed by atoms with E-state index in [-0.39, 0.29) is 12.1 Å². The van der Waals surface area contributed by atoms with Crippen LogP contribution in [0, 0.1) is 0 Å². The molecule has 0 bridgehead atoms. The molecule has 2 rings (SSSR count). The predicted octanol–water partition coefficient (Wildman–Crippen LogP) is 1.48. The number of aromatic amines is 1. The van der Waals surface area contributed by atoms with Crippen LogP contribution >= 0.6 is 0 Å². The molecule has 8 heteroatoms. The van der Waals surface area contributed by atoms with Crippen molar-refractivity contribution in [1.29, 1.82) is 0 Å². The van der Waals surface area contributed by atoms with Crippen molar-refractivity contribution in [2.24, 2.45) is 0 Å². The molecule has 1 aliphatic heterocycles. The van der Waals surface area contributed by atoms with Gasteiger partial charge in [0, 0.05) is 6.04 Å². The summed E-state index contributed by atoms with van der Waals surface area (Å²) in [6.07, 6.45) is -1.23. The van der Waals surface area contributed by atoms with E-state index < -0.39 is 12.7 Å². The molecule has 0 radical (unpaired) electrons. The van der Waals surface area contributed by atoms with Gasteiger partial charge in [-0.25, -0.2) is 4.98 Å². The molecule has 1 aromatic heterocycles. The van der Waals surface area contributed by atoms with Crippen LogP contribution in [0.4, 0.5) is 13.2 Å². The van der Waals surface area contributed by atoms with Crippen LogP contribution in [0.15, 0.2) is 6.33 Å². The number of piperidine rings is 1. The average Bonchev–Trinajstić information content (AvgIpc) is 2.83. The Morgan fingerprint density at radius 1 is 1.47 bits per heavy atom. The fourth-order valence-corrected chi connectivity index (χ4v) is 2.37. The number of hydrogen-bond donors (Lipinski definition) is 2. The molecule has 1 atom stereocenters. The summed E-state index contributed by atoms with van der Waals surface area (Å²) in [6.45, 7) is 2.10. The number of nitrogens with one attached hydrogen (secondary N) is 2. The van der Waals surface area contributed by atoms with E-state index in [4.69, 9.17) is 0 Å². The van der Waals surface area contributed by atoms with Crippen molar-refractivity contribution in [2.45, 2.75) is 38.0 Å². The van der Waals surface area contributed by atoms with Crippen LogP contribution in [0.5, 0.6) is 0 Å². The third-order valence-corrected chi connectivity index (χ3v) is 3.32. The van der Waals surface area contributed by atoms with Crippen LogP contribution in [0.3, 0.4) is 0 Å². The van der Waals surface area contributed by atoms with Crippen LogP contribution in [0.25, 0.3) is 0 Å². The van der Waals surface area contributed by atoms with E-state index >= 15 is 0 Å². The summed E-state index contributed by atoms with van der Waals surface area (Å²) in [5.74, 6) is 0.748. The summed E-state index contributed by atoms with van der Waals surface area (Å²) in [4.78, 5) is 5.51. The largest absolute Gasteiger partial charge is 0.401 e. The third kappa shape index (κ3) is 4.46. The predicted molar refractivity (Wildman–Crippen MR) is 63.5 cm³/mol. The van der Waals surface area contributed by atoms with Crippen molar-refractivity contribution in [1.82, 2.24) is 25.4 Å². The highest BCUT2D eigenvalue weighted by Gasteiger charge is 2.32. The zero-order valence-corrected chi connectivity index (χ0v) is 10.7. The standard InChI is InChI=1S/C11H18F3N5/c1-8(10-15-7-16-18-10)17-9-2-4-19(5-3-9)6-11(12,13)14/h7-9,17H,2-6H2,1H3,(H,15,16,18). The minimum Gasteiger partial charge on any atom is -0.305 e. The van der Waals surface area contributed by atoms with E-state index in [0.29, 0.717) is 25.9 Å². The van der Waals surface area contributed by atoms with Crippen molar-refractivity contribution >= 4 is 0 Å². The van der Waals surface area contributed by atoms with E-state index in [1.54, 1.807) is 0 Å². The first-order valence-electron chi connectivity index (χ1n) is 6.34. The van der Waals surface area contributed by atoms with E-state index in [9.17, 15) is 13.2 Å². The molecule has 2 N–H and O–H groups in total. The number of hydrogen-bond acceptors (Lipinski definition) is 4. The van der Waals surface area contributed by atoms with Crippen LogP contribution in [0.2, 0.25) is 0 Å². The number of H-pyrrole nitrogens is 1. The van der Waals surface area contributed by atoms with Gasteiger partial charge in [-0.15, -0.1) is 0 Å². The van der Waals surface area contributed by atoms with Gasteiger partial charge in [0.15, 0.2) is 0 Å². The summed E-state index contributed by atoms with van der Waals surface area (Å²) >= 11 is 0. The first-order chi connectivity index (χ1) is 8.94. The Morgan fingerprint density at radius 3 is 2.68 bits per heavy atom. The van der Waals surface area contributed by atoms with Crippen molar-refractivity contribution in [3.63, 3.8) is 0 Å². The van der Waals surface area contributed by atoms with Crippen LogP contribution in [-0.4, -0.2) is 51.9 Å². The van der Waals surface area contributed by atoms with E-state index in [2.05, 4.69) is 20.5 Å². The quantitative estimate of drug-likeness (QED) is 0.875. The molecule has 0 aromatic carbocycles. The van der Waals surface area contributed by atoms with Gasteiger partial charge in [-0.1, -0.05) is 0 Å². The lowest BCUT2D eigenvalue weighted by Crippen LogP contribution is -2.46. The van der Waals surface area contributed by atoms with Crippen molar-refractivity contribution in [2.75, 3.05) is 19.6 Å². The highest BCUT2D eigenvalue weighted by Crippen LogP contribution is 2.20. The summed E-state index contributed by atoms with van der Waals surface area (Å²) in [7, 11) is 0. The first-order valence-corrected chi connectivity index (χ1v) is 6.34. The van der Waals surface area contributed by atoms with Gasteiger partial charge in [-0.05, 0) is 32.9 Å². The molecular formula is C11H18F3N5. The Kier molecular flexibility index (Phi) is 4.41. The van der Waals surface area contributed by atoms with Gasteiger partial charge in [0.25, 0.3) is 0 Å². The fourth-order valence-electron chi connectivity index (χ4n) is 2.37. The van der Waals surface area contributed by atoms with Crippen LogP contribution in [-0.2, 0) is 0 Å². The number of halogens is 3. The highest BCUT2D eigenvalue weighted by atomic mass is 19.4. The molecule has 1 fully saturated rings. The Balaban J connectivity index is 1.74. The second-order valence-electron chi connectivity index (χ2n) is 4.92. The molecule has 0 aliphatic carbocycles. The molecule has 5 nitrogen and oxygen atoms in total. The van der Waals surface area contributed by atoms with Gasteiger partial charge in [0.2, 0.25) is 0 Å². The van der Waals surface area contributed by atoms with E-state index in [1.165, 1.54) is 11.2 Å². The zero-order chi connectivity index (χ0) is 13.9. The molecule has 1 unspecified atom stereocenters. The van der Waals surface area contributed by atoms with E-state index in [1.807, 2.05) is 6.92 Å². The fraction of sp³-hybridized carbons (Fsp3) is 0.818. The maximum Gasteiger partial charge on any atom is 0.401 e. The number of alkyl halides is 3. The van der Waals surface area contributed by atoms with Crippen molar-refractivity contribution in [3.8, 4) is 0 Å². The lowest BCUT2D eigenvalue weighted by atomic mass is 10.0. The molecule has 2 heterocycles. The molecule has 1 aromatic rings. The second-order valence-corrected chi connectivity index (χ2v) is 4.92. The smallest absolute Gasteiger partial charge is 0.305 e. The van der Waals surface area contributed by atoms with Crippen LogP contribution < -0.4 is 5.32 Å². The number of aromatic nitrogens is 3. The first kappa shape index (κ1) is 14.3. The Labute approximate surface area is 109 Å². The Hall–Kier alpha value is -1.15. The molecule has 0 amide bonds. The maximum atomic E-state index is 12.3. The minimum absolute atomic E-state index is 0.0293. The number of rotatable bonds is 4. The molecule has 108 valence electrons. The zero-order valence-electron chi connectivity index (χ0n) is 10.7. The van der Waals surface area contributed by atoms with Gasteiger partial charge >= 0.3 is 6.18 Å². The summed E-state index contributed by atoms with van der Waals surface area (Å²) < 4.78 is 36.8. The third-order valence-electron chi connectivity index (χ3n) is 3.32. The summed E-state index contributed by atoms with van der Waals surface area (Å²) in [6, 6.07) is 0.256. The molecule has 1 saturated heterocycles. The lowest BCUT2D eigenvalue weighted by molar-refractivity contribution is -0.148.